The number of carbonyl (C=O) groups excluding carboxylic acids is 1. The Hall–Kier alpha value is -1.76. The molecule has 1 aliphatic rings. The third-order valence-corrected chi connectivity index (χ3v) is 5.94. The van der Waals surface area contributed by atoms with Gasteiger partial charge in [-0.2, -0.15) is 0 Å². The SMILES string of the molecule is CCN1CCN(c2c(Cl)cccc2NC(=O)C(C)(C)Oc2ccc(Br)cc2)CC1. The van der Waals surface area contributed by atoms with Gasteiger partial charge in [-0.1, -0.05) is 40.5 Å². The van der Waals surface area contributed by atoms with Crippen molar-refractivity contribution in [2.75, 3.05) is 42.9 Å². The number of piperazine rings is 1. The van der Waals surface area contributed by atoms with Gasteiger partial charge in [-0.15, -0.1) is 0 Å². The lowest BCUT2D eigenvalue weighted by Gasteiger charge is -2.37. The fourth-order valence-electron chi connectivity index (χ4n) is 3.34. The maximum Gasteiger partial charge on any atom is 0.268 e. The molecule has 0 aliphatic carbocycles. The van der Waals surface area contributed by atoms with Crippen molar-refractivity contribution in [3.63, 3.8) is 0 Å². The second-order valence-electron chi connectivity index (χ2n) is 7.58. The normalized spacial score (nSPS) is 15.3. The van der Waals surface area contributed by atoms with E-state index in [2.05, 4.69) is 38.0 Å². The van der Waals surface area contributed by atoms with E-state index in [9.17, 15) is 4.79 Å². The van der Waals surface area contributed by atoms with E-state index in [1.807, 2.05) is 42.5 Å². The first-order valence-electron chi connectivity index (χ1n) is 9.82. The molecule has 0 spiro atoms. The molecule has 0 atom stereocenters. The number of nitrogens with zero attached hydrogens (tertiary/aromatic N) is 2. The molecule has 0 saturated carbocycles. The van der Waals surface area contributed by atoms with Crippen LogP contribution in [0.15, 0.2) is 46.9 Å². The Morgan fingerprint density at radius 2 is 1.79 bits per heavy atom. The quantitative estimate of drug-likeness (QED) is 0.629. The number of hydrogen-bond donors (Lipinski definition) is 1. The van der Waals surface area contributed by atoms with E-state index >= 15 is 0 Å². The highest BCUT2D eigenvalue weighted by Crippen LogP contribution is 2.35. The van der Waals surface area contributed by atoms with Crippen molar-refractivity contribution in [2.45, 2.75) is 26.4 Å². The number of benzene rings is 2. The van der Waals surface area contributed by atoms with Crippen LogP contribution in [0.1, 0.15) is 20.8 Å². The number of halogens is 2. The van der Waals surface area contributed by atoms with E-state index < -0.39 is 5.60 Å². The molecule has 1 fully saturated rings. The highest BCUT2D eigenvalue weighted by molar-refractivity contribution is 9.10. The van der Waals surface area contributed by atoms with Crippen LogP contribution in [0.3, 0.4) is 0 Å². The smallest absolute Gasteiger partial charge is 0.268 e. The van der Waals surface area contributed by atoms with E-state index in [1.165, 1.54) is 0 Å². The van der Waals surface area contributed by atoms with Crippen LogP contribution in [0.4, 0.5) is 11.4 Å². The predicted molar refractivity (Wildman–Crippen MR) is 123 cm³/mol. The fraction of sp³-hybridized carbons (Fsp3) is 0.409. The molecule has 7 heteroatoms. The minimum absolute atomic E-state index is 0.226. The minimum atomic E-state index is -1.05. The minimum Gasteiger partial charge on any atom is -0.478 e. The second-order valence-corrected chi connectivity index (χ2v) is 8.90. The summed E-state index contributed by atoms with van der Waals surface area (Å²) in [5.41, 5.74) is 0.534. The third-order valence-electron chi connectivity index (χ3n) is 5.10. The molecule has 1 N–H and O–H groups in total. The molecule has 1 heterocycles. The zero-order valence-corrected chi connectivity index (χ0v) is 19.4. The van der Waals surface area contributed by atoms with Crippen molar-refractivity contribution in [2.24, 2.45) is 0 Å². The van der Waals surface area contributed by atoms with Gasteiger partial charge in [-0.05, 0) is 56.8 Å². The molecule has 0 radical (unpaired) electrons. The Morgan fingerprint density at radius 1 is 1.14 bits per heavy atom. The Balaban J connectivity index is 1.76. The summed E-state index contributed by atoms with van der Waals surface area (Å²) in [4.78, 5) is 17.7. The molecule has 1 saturated heterocycles. The van der Waals surface area contributed by atoms with Gasteiger partial charge < -0.3 is 19.9 Å². The van der Waals surface area contributed by atoms with Gasteiger partial charge in [0.1, 0.15) is 5.75 Å². The van der Waals surface area contributed by atoms with Gasteiger partial charge in [0.2, 0.25) is 0 Å². The molecule has 1 aliphatic heterocycles. The van der Waals surface area contributed by atoms with E-state index in [0.717, 1.165) is 42.9 Å². The van der Waals surface area contributed by atoms with Gasteiger partial charge in [0.05, 0.1) is 16.4 Å². The van der Waals surface area contributed by atoms with Crippen molar-refractivity contribution in [3.05, 3.63) is 52.0 Å². The molecule has 2 aromatic rings. The number of carbonyl (C=O) groups is 1. The van der Waals surface area contributed by atoms with E-state index in [1.54, 1.807) is 13.8 Å². The summed E-state index contributed by atoms with van der Waals surface area (Å²) in [6.07, 6.45) is 0. The number of amides is 1. The van der Waals surface area contributed by atoms with Crippen LogP contribution in [0.25, 0.3) is 0 Å². The molecule has 0 bridgehead atoms. The molecule has 2 aromatic carbocycles. The van der Waals surface area contributed by atoms with Gasteiger partial charge in [0.15, 0.2) is 5.60 Å². The lowest BCUT2D eigenvalue weighted by molar-refractivity contribution is -0.128. The number of likely N-dealkylation sites (N-methyl/N-ethyl adjacent to an activating group) is 1. The molecule has 156 valence electrons. The maximum atomic E-state index is 13.0. The zero-order valence-electron chi connectivity index (χ0n) is 17.0. The first-order valence-corrected chi connectivity index (χ1v) is 11.0. The van der Waals surface area contributed by atoms with Crippen LogP contribution < -0.4 is 15.0 Å². The monoisotopic (exact) mass is 479 g/mol. The number of nitrogens with one attached hydrogen (secondary N) is 1. The Morgan fingerprint density at radius 3 is 2.41 bits per heavy atom. The zero-order chi connectivity index (χ0) is 21.0. The molecule has 0 aromatic heterocycles. The molecular weight excluding hydrogens is 454 g/mol. The van der Waals surface area contributed by atoms with Crippen LogP contribution >= 0.6 is 27.5 Å². The summed E-state index contributed by atoms with van der Waals surface area (Å²) in [5.74, 6) is 0.409. The van der Waals surface area contributed by atoms with E-state index in [-0.39, 0.29) is 5.91 Å². The van der Waals surface area contributed by atoms with Gasteiger partial charge in [-0.25, -0.2) is 0 Å². The number of ether oxygens (including phenoxy) is 1. The third kappa shape index (κ3) is 5.44. The van der Waals surface area contributed by atoms with E-state index in [4.69, 9.17) is 16.3 Å². The van der Waals surface area contributed by atoms with Crippen LogP contribution in [0.2, 0.25) is 5.02 Å². The molecule has 3 rings (SSSR count). The van der Waals surface area contributed by atoms with Crippen molar-refractivity contribution < 1.29 is 9.53 Å². The molecule has 1 amide bonds. The molecule has 0 unspecified atom stereocenters. The highest BCUT2D eigenvalue weighted by Gasteiger charge is 2.31. The van der Waals surface area contributed by atoms with Crippen molar-refractivity contribution in [3.8, 4) is 5.75 Å². The average molecular weight is 481 g/mol. The first kappa shape index (κ1) is 21.9. The van der Waals surface area contributed by atoms with Crippen molar-refractivity contribution in [1.82, 2.24) is 4.90 Å². The Kier molecular flexibility index (Phi) is 7.09. The first-order chi connectivity index (χ1) is 13.8. The summed E-state index contributed by atoms with van der Waals surface area (Å²) in [5, 5.41) is 3.67. The topological polar surface area (TPSA) is 44.8 Å². The molecule has 5 nitrogen and oxygen atoms in total. The average Bonchev–Trinajstić information content (AvgIpc) is 2.70. The number of para-hydroxylation sites is 1. The number of rotatable bonds is 6. The molecule has 29 heavy (non-hydrogen) atoms. The standard InChI is InChI=1S/C22H27BrClN3O2/c1-4-26-12-14-27(15-13-26)20-18(24)6-5-7-19(20)25-21(28)22(2,3)29-17-10-8-16(23)9-11-17/h5-11H,4,12-15H2,1-3H3,(H,25,28). The van der Waals surface area contributed by atoms with Crippen molar-refractivity contribution >= 4 is 44.8 Å². The summed E-state index contributed by atoms with van der Waals surface area (Å²) in [6, 6.07) is 13.0. The van der Waals surface area contributed by atoms with Gasteiger partial charge in [-0.3, -0.25) is 4.79 Å². The summed E-state index contributed by atoms with van der Waals surface area (Å²) in [6.45, 7) is 10.4. The van der Waals surface area contributed by atoms with E-state index in [0.29, 0.717) is 16.5 Å². The summed E-state index contributed by atoms with van der Waals surface area (Å²) < 4.78 is 6.91. The summed E-state index contributed by atoms with van der Waals surface area (Å²) in [7, 11) is 0. The highest BCUT2D eigenvalue weighted by atomic mass is 79.9. The fourth-order valence-corrected chi connectivity index (χ4v) is 3.90. The van der Waals surface area contributed by atoms with Crippen LogP contribution in [0, 0.1) is 0 Å². The predicted octanol–water partition coefficient (Wildman–Crippen LogP) is 5.04. The lowest BCUT2D eigenvalue weighted by atomic mass is 10.1. The van der Waals surface area contributed by atoms with Gasteiger partial charge in [0, 0.05) is 30.7 Å². The van der Waals surface area contributed by atoms with Crippen LogP contribution in [-0.2, 0) is 4.79 Å². The largest absolute Gasteiger partial charge is 0.478 e. The number of anilines is 2. The Labute approximate surface area is 186 Å². The van der Waals surface area contributed by atoms with Crippen LogP contribution in [-0.4, -0.2) is 49.1 Å². The lowest BCUT2D eigenvalue weighted by Crippen LogP contribution is -2.47. The maximum absolute atomic E-state index is 13.0. The van der Waals surface area contributed by atoms with Crippen molar-refractivity contribution in [1.29, 1.82) is 0 Å². The molecular formula is C22H27BrClN3O2. The Bertz CT molecular complexity index is 850. The summed E-state index contributed by atoms with van der Waals surface area (Å²) >= 11 is 9.94. The second kappa shape index (κ2) is 9.37. The van der Waals surface area contributed by atoms with Gasteiger partial charge >= 0.3 is 0 Å². The number of hydrogen-bond acceptors (Lipinski definition) is 4. The van der Waals surface area contributed by atoms with Gasteiger partial charge in [0.25, 0.3) is 5.91 Å². The van der Waals surface area contributed by atoms with Crippen LogP contribution in [0.5, 0.6) is 5.75 Å².